The van der Waals surface area contributed by atoms with Crippen LogP contribution in [-0.4, -0.2) is 6.10 Å². The molecule has 3 rings (SSSR count). The zero-order valence-electron chi connectivity index (χ0n) is 15.8. The normalized spacial score (nSPS) is 29.5. The van der Waals surface area contributed by atoms with Crippen molar-refractivity contribution in [3.8, 4) is 0 Å². The van der Waals surface area contributed by atoms with Crippen LogP contribution in [-0.2, 0) is 11.3 Å². The van der Waals surface area contributed by atoms with Crippen LogP contribution in [0, 0.1) is 23.6 Å². The van der Waals surface area contributed by atoms with Crippen LogP contribution >= 0.6 is 11.6 Å². The molecular formula is C23H32ClFO. The van der Waals surface area contributed by atoms with Gasteiger partial charge in [0.25, 0.3) is 0 Å². The molecule has 0 atom stereocenters. The number of allylic oxidation sites excluding steroid dienone is 1. The first-order chi connectivity index (χ1) is 12.7. The molecule has 0 spiro atoms. The third kappa shape index (κ3) is 5.57. The molecule has 3 heteroatoms. The van der Waals surface area contributed by atoms with Gasteiger partial charge in [-0.05, 0) is 86.8 Å². The number of halogens is 2. The van der Waals surface area contributed by atoms with Crippen molar-refractivity contribution in [3.05, 3.63) is 47.3 Å². The van der Waals surface area contributed by atoms with Crippen molar-refractivity contribution in [1.29, 1.82) is 0 Å². The smallest absolute Gasteiger partial charge is 0.142 e. The Kier molecular flexibility index (Phi) is 7.57. The zero-order chi connectivity index (χ0) is 18.4. The van der Waals surface area contributed by atoms with Gasteiger partial charge in [0.15, 0.2) is 0 Å². The van der Waals surface area contributed by atoms with Gasteiger partial charge in [-0.3, -0.25) is 0 Å². The molecule has 2 aliphatic carbocycles. The summed E-state index contributed by atoms with van der Waals surface area (Å²) in [5.41, 5.74) is 0.867. The van der Waals surface area contributed by atoms with E-state index in [1.54, 1.807) is 6.07 Å². The fraction of sp³-hybridized carbons (Fsp3) is 0.652. The monoisotopic (exact) mass is 378 g/mol. The molecule has 1 aromatic rings. The summed E-state index contributed by atoms with van der Waals surface area (Å²) in [5.74, 6) is 2.40. The van der Waals surface area contributed by atoms with Gasteiger partial charge in [0, 0.05) is 0 Å². The Morgan fingerprint density at radius 2 is 1.69 bits per heavy atom. The lowest BCUT2D eigenvalue weighted by Gasteiger charge is -2.37. The first-order valence-electron chi connectivity index (χ1n) is 10.3. The third-order valence-corrected chi connectivity index (χ3v) is 6.83. The molecule has 0 N–H and O–H groups in total. The van der Waals surface area contributed by atoms with E-state index in [0.29, 0.717) is 12.7 Å². The molecule has 0 bridgehead atoms. The minimum absolute atomic E-state index is 0.175. The summed E-state index contributed by atoms with van der Waals surface area (Å²) in [5, 5.41) is 0.175. The number of ether oxygens (including phenoxy) is 1. The second-order valence-electron chi connectivity index (χ2n) is 8.24. The van der Waals surface area contributed by atoms with Crippen molar-refractivity contribution in [2.24, 2.45) is 17.8 Å². The van der Waals surface area contributed by atoms with E-state index in [9.17, 15) is 4.39 Å². The summed E-state index contributed by atoms with van der Waals surface area (Å²) in [6.07, 6.45) is 15.5. The molecule has 2 aliphatic rings. The molecule has 26 heavy (non-hydrogen) atoms. The van der Waals surface area contributed by atoms with Crippen LogP contribution in [0.4, 0.5) is 4.39 Å². The SMILES string of the molecule is C=CCCC1CCC(C2CCC(OCc3ccc(Cl)c(F)c3)CC2)CC1. The van der Waals surface area contributed by atoms with Gasteiger partial charge >= 0.3 is 0 Å². The Balaban J connectivity index is 1.36. The summed E-state index contributed by atoms with van der Waals surface area (Å²) in [7, 11) is 0. The summed E-state index contributed by atoms with van der Waals surface area (Å²) < 4.78 is 19.5. The molecule has 0 unspecified atom stereocenters. The number of rotatable bonds is 7. The summed E-state index contributed by atoms with van der Waals surface area (Å²) in [4.78, 5) is 0. The number of hydrogen-bond donors (Lipinski definition) is 0. The van der Waals surface area contributed by atoms with Crippen molar-refractivity contribution >= 4 is 11.6 Å². The van der Waals surface area contributed by atoms with Crippen LogP contribution in [0.3, 0.4) is 0 Å². The highest BCUT2D eigenvalue weighted by molar-refractivity contribution is 6.30. The average molecular weight is 379 g/mol. The van der Waals surface area contributed by atoms with Crippen LogP contribution in [0.2, 0.25) is 5.02 Å². The highest BCUT2D eigenvalue weighted by atomic mass is 35.5. The topological polar surface area (TPSA) is 9.23 Å². The lowest BCUT2D eigenvalue weighted by molar-refractivity contribution is -0.00290. The van der Waals surface area contributed by atoms with Gasteiger partial charge in [-0.25, -0.2) is 4.39 Å². The number of benzene rings is 1. The summed E-state index contributed by atoms with van der Waals surface area (Å²) in [6, 6.07) is 4.94. The van der Waals surface area contributed by atoms with Gasteiger partial charge in [0.1, 0.15) is 5.82 Å². The van der Waals surface area contributed by atoms with Crippen molar-refractivity contribution in [2.45, 2.75) is 76.9 Å². The second-order valence-corrected chi connectivity index (χ2v) is 8.65. The molecule has 144 valence electrons. The minimum Gasteiger partial charge on any atom is -0.374 e. The molecule has 0 saturated heterocycles. The van der Waals surface area contributed by atoms with Gasteiger partial charge in [0.05, 0.1) is 17.7 Å². The predicted molar refractivity (Wildman–Crippen MR) is 107 cm³/mol. The van der Waals surface area contributed by atoms with E-state index in [2.05, 4.69) is 12.7 Å². The highest BCUT2D eigenvalue weighted by Gasteiger charge is 2.30. The van der Waals surface area contributed by atoms with Crippen LogP contribution in [0.5, 0.6) is 0 Å². The maximum Gasteiger partial charge on any atom is 0.142 e. The molecule has 0 radical (unpaired) electrons. The van der Waals surface area contributed by atoms with Gasteiger partial charge in [0.2, 0.25) is 0 Å². The predicted octanol–water partition coefficient (Wildman–Crippen LogP) is 7.33. The summed E-state index contributed by atoms with van der Waals surface area (Å²) in [6.45, 7) is 4.33. The lowest BCUT2D eigenvalue weighted by Crippen LogP contribution is -2.28. The molecule has 1 aromatic carbocycles. The van der Waals surface area contributed by atoms with Crippen LogP contribution in [0.15, 0.2) is 30.9 Å². The minimum atomic E-state index is -0.361. The Bertz CT molecular complexity index is 572. The largest absolute Gasteiger partial charge is 0.374 e. The number of hydrogen-bond acceptors (Lipinski definition) is 1. The van der Waals surface area contributed by atoms with E-state index in [-0.39, 0.29) is 10.8 Å². The second kappa shape index (κ2) is 9.90. The van der Waals surface area contributed by atoms with E-state index in [0.717, 1.165) is 36.2 Å². The van der Waals surface area contributed by atoms with Crippen LogP contribution in [0.25, 0.3) is 0 Å². The summed E-state index contributed by atoms with van der Waals surface area (Å²) >= 11 is 5.73. The molecule has 2 saturated carbocycles. The Morgan fingerprint density at radius 1 is 1.04 bits per heavy atom. The quantitative estimate of drug-likeness (QED) is 0.451. The first kappa shape index (κ1) is 19.9. The molecular weight excluding hydrogens is 347 g/mol. The first-order valence-corrected chi connectivity index (χ1v) is 10.7. The molecule has 0 aliphatic heterocycles. The Labute approximate surface area is 163 Å². The average Bonchev–Trinajstić information content (AvgIpc) is 2.68. The van der Waals surface area contributed by atoms with Crippen molar-refractivity contribution in [1.82, 2.24) is 0 Å². The van der Waals surface area contributed by atoms with Crippen molar-refractivity contribution in [2.75, 3.05) is 0 Å². The molecule has 0 aromatic heterocycles. The van der Waals surface area contributed by atoms with E-state index in [4.69, 9.17) is 16.3 Å². The standard InChI is InChI=1S/C23H32ClFO/c1-2-3-4-17-5-8-19(9-6-17)20-10-12-21(13-11-20)26-16-18-7-14-22(24)23(25)15-18/h2,7,14-15,17,19-21H,1,3-6,8-13,16H2. The van der Waals surface area contributed by atoms with Crippen LogP contribution < -0.4 is 0 Å². The third-order valence-electron chi connectivity index (χ3n) is 6.53. The maximum atomic E-state index is 13.5. The zero-order valence-corrected chi connectivity index (χ0v) is 16.5. The van der Waals surface area contributed by atoms with Crippen LogP contribution in [0.1, 0.15) is 69.8 Å². The van der Waals surface area contributed by atoms with E-state index in [1.165, 1.54) is 57.4 Å². The van der Waals surface area contributed by atoms with E-state index in [1.807, 2.05) is 6.07 Å². The molecule has 0 amide bonds. The van der Waals surface area contributed by atoms with Gasteiger partial charge in [-0.2, -0.15) is 0 Å². The van der Waals surface area contributed by atoms with Gasteiger partial charge in [-0.1, -0.05) is 36.6 Å². The lowest BCUT2D eigenvalue weighted by atomic mass is 9.70. The fourth-order valence-electron chi connectivity index (χ4n) is 4.87. The van der Waals surface area contributed by atoms with E-state index < -0.39 is 0 Å². The fourth-order valence-corrected chi connectivity index (χ4v) is 4.99. The molecule has 1 nitrogen and oxygen atoms in total. The Morgan fingerprint density at radius 3 is 2.31 bits per heavy atom. The van der Waals surface area contributed by atoms with Gasteiger partial charge < -0.3 is 4.74 Å². The molecule has 2 fully saturated rings. The van der Waals surface area contributed by atoms with Gasteiger partial charge in [-0.15, -0.1) is 6.58 Å². The highest BCUT2D eigenvalue weighted by Crippen LogP contribution is 2.41. The van der Waals surface area contributed by atoms with Crippen molar-refractivity contribution in [3.63, 3.8) is 0 Å². The van der Waals surface area contributed by atoms with E-state index >= 15 is 0 Å². The van der Waals surface area contributed by atoms with Crippen molar-refractivity contribution < 1.29 is 9.13 Å². The Hall–Kier alpha value is -0.860. The maximum absolute atomic E-state index is 13.5. The molecule has 0 heterocycles.